The largest absolute Gasteiger partial charge is 0.465 e. The van der Waals surface area contributed by atoms with Gasteiger partial charge in [0.25, 0.3) is 5.91 Å². The second-order valence-corrected chi connectivity index (χ2v) is 6.60. The monoisotopic (exact) mass is 354 g/mol. The zero-order valence-electron chi connectivity index (χ0n) is 14.4. The van der Waals surface area contributed by atoms with E-state index in [-0.39, 0.29) is 17.8 Å². The van der Waals surface area contributed by atoms with Crippen molar-refractivity contribution in [2.45, 2.75) is 25.4 Å². The molecule has 6 heteroatoms. The molecule has 0 radical (unpaired) electrons. The van der Waals surface area contributed by atoms with Gasteiger partial charge < -0.3 is 4.74 Å². The smallest absolute Gasteiger partial charge is 0.337 e. The van der Waals surface area contributed by atoms with Crippen molar-refractivity contribution in [3.63, 3.8) is 0 Å². The minimum Gasteiger partial charge on any atom is -0.465 e. The van der Waals surface area contributed by atoms with E-state index in [1.807, 2.05) is 11.1 Å². The molecule has 1 fully saturated rings. The van der Waals surface area contributed by atoms with Gasteiger partial charge in [-0.2, -0.15) is 0 Å². The number of halogens is 1. The molecular formula is C20H19FN2O3. The Hall–Kier alpha value is -2.73. The maximum Gasteiger partial charge on any atom is 0.337 e. The van der Waals surface area contributed by atoms with Gasteiger partial charge in [-0.05, 0) is 48.2 Å². The summed E-state index contributed by atoms with van der Waals surface area (Å²) in [5.41, 5.74) is 2.65. The minimum absolute atomic E-state index is 0.0240. The number of hydrogen-bond acceptors (Lipinski definition) is 4. The lowest BCUT2D eigenvalue weighted by atomic mass is 10.1. The summed E-state index contributed by atoms with van der Waals surface area (Å²) in [7, 11) is 1.32. The molecule has 2 heterocycles. The number of hydrazine groups is 1. The molecule has 1 saturated heterocycles. The van der Waals surface area contributed by atoms with Crippen LogP contribution in [-0.2, 0) is 11.3 Å². The Balaban J connectivity index is 1.62. The van der Waals surface area contributed by atoms with Crippen LogP contribution in [0.25, 0.3) is 0 Å². The number of hydrogen-bond donors (Lipinski definition) is 0. The fraction of sp³-hybridized carbons (Fsp3) is 0.300. The van der Waals surface area contributed by atoms with Crippen molar-refractivity contribution in [3.05, 3.63) is 70.5 Å². The van der Waals surface area contributed by atoms with E-state index in [9.17, 15) is 14.0 Å². The van der Waals surface area contributed by atoms with E-state index in [1.54, 1.807) is 29.3 Å². The summed E-state index contributed by atoms with van der Waals surface area (Å²) >= 11 is 0. The Kier molecular flexibility index (Phi) is 4.20. The van der Waals surface area contributed by atoms with Gasteiger partial charge in [-0.3, -0.25) is 9.80 Å². The van der Waals surface area contributed by atoms with Gasteiger partial charge in [0.15, 0.2) is 0 Å². The second kappa shape index (κ2) is 6.53. The summed E-state index contributed by atoms with van der Waals surface area (Å²) < 4.78 is 18.4. The van der Waals surface area contributed by atoms with E-state index >= 15 is 0 Å². The van der Waals surface area contributed by atoms with E-state index in [1.165, 1.54) is 19.2 Å². The first-order valence-corrected chi connectivity index (χ1v) is 8.63. The fourth-order valence-corrected chi connectivity index (χ4v) is 3.83. The highest BCUT2D eigenvalue weighted by atomic mass is 19.1. The third-order valence-electron chi connectivity index (χ3n) is 5.08. The maximum absolute atomic E-state index is 13.6. The number of nitrogens with zero attached hydrogens (tertiary/aromatic N) is 2. The number of amides is 1. The lowest BCUT2D eigenvalue weighted by Gasteiger charge is -2.33. The molecule has 1 atom stereocenters. The van der Waals surface area contributed by atoms with Crippen molar-refractivity contribution < 1.29 is 18.7 Å². The first-order chi connectivity index (χ1) is 12.6. The molecule has 0 aliphatic carbocycles. The number of fused-ring (bicyclic) bond motifs is 1. The van der Waals surface area contributed by atoms with Crippen molar-refractivity contribution in [2.24, 2.45) is 0 Å². The van der Waals surface area contributed by atoms with Crippen LogP contribution in [-0.4, -0.2) is 35.5 Å². The van der Waals surface area contributed by atoms with Crippen LogP contribution in [0.15, 0.2) is 42.5 Å². The predicted octanol–water partition coefficient (Wildman–Crippen LogP) is 3.32. The van der Waals surface area contributed by atoms with Crippen LogP contribution in [0.3, 0.4) is 0 Å². The molecule has 5 nitrogen and oxygen atoms in total. The van der Waals surface area contributed by atoms with Crippen LogP contribution in [0.4, 0.5) is 4.39 Å². The molecule has 0 aromatic heterocycles. The molecule has 0 unspecified atom stereocenters. The number of carbonyl (C=O) groups is 2. The molecule has 0 spiro atoms. The molecule has 0 saturated carbocycles. The van der Waals surface area contributed by atoms with Crippen LogP contribution in [0.2, 0.25) is 0 Å². The average Bonchev–Trinajstić information content (AvgIpc) is 3.25. The van der Waals surface area contributed by atoms with Gasteiger partial charge in [-0.25, -0.2) is 14.2 Å². The molecule has 26 heavy (non-hydrogen) atoms. The highest BCUT2D eigenvalue weighted by molar-refractivity contribution is 6.01. The summed E-state index contributed by atoms with van der Waals surface area (Å²) in [5, 5.41) is 3.74. The van der Waals surface area contributed by atoms with Gasteiger partial charge in [-0.1, -0.05) is 18.2 Å². The SMILES string of the molecule is COC(=O)c1ccc2c(c1)C(=O)N(N1CCC[C@H]1c1cccc(F)c1)C2. The van der Waals surface area contributed by atoms with Gasteiger partial charge in [0.05, 0.1) is 25.3 Å². The van der Waals surface area contributed by atoms with Gasteiger partial charge in [0.2, 0.25) is 0 Å². The lowest BCUT2D eigenvalue weighted by molar-refractivity contribution is -0.0189. The standard InChI is InChI=1S/C20H19FN2O3/c1-26-20(25)14-7-8-15-12-23(19(24)17(15)11-14)22-9-3-6-18(22)13-4-2-5-16(21)10-13/h2,4-5,7-8,10-11,18H,3,6,9,12H2,1H3/t18-/m0/s1. The van der Waals surface area contributed by atoms with Crippen molar-refractivity contribution in [2.75, 3.05) is 13.7 Å². The first kappa shape index (κ1) is 16.7. The van der Waals surface area contributed by atoms with E-state index in [4.69, 9.17) is 4.74 Å². The van der Waals surface area contributed by atoms with Crippen molar-refractivity contribution in [1.82, 2.24) is 10.0 Å². The number of ether oxygens (including phenoxy) is 1. The van der Waals surface area contributed by atoms with Crippen LogP contribution >= 0.6 is 0 Å². The molecule has 2 aliphatic rings. The van der Waals surface area contributed by atoms with E-state index in [0.29, 0.717) is 17.7 Å². The number of carbonyl (C=O) groups excluding carboxylic acids is 2. The summed E-state index contributed by atoms with van der Waals surface area (Å²) in [6.07, 6.45) is 1.81. The zero-order chi connectivity index (χ0) is 18.3. The Bertz CT molecular complexity index is 883. The number of benzene rings is 2. The van der Waals surface area contributed by atoms with Crippen molar-refractivity contribution in [3.8, 4) is 0 Å². The van der Waals surface area contributed by atoms with Crippen LogP contribution in [0, 0.1) is 5.82 Å². The summed E-state index contributed by atoms with van der Waals surface area (Å²) in [4.78, 5) is 24.7. The van der Waals surface area contributed by atoms with Crippen LogP contribution in [0.1, 0.15) is 50.7 Å². The summed E-state index contributed by atoms with van der Waals surface area (Å²) in [5.74, 6) is -0.861. The molecule has 2 aromatic rings. The van der Waals surface area contributed by atoms with Gasteiger partial charge >= 0.3 is 5.97 Å². The Labute approximate surface area is 150 Å². The van der Waals surface area contributed by atoms with Gasteiger partial charge in [0, 0.05) is 12.1 Å². The normalized spacial score (nSPS) is 19.7. The first-order valence-electron chi connectivity index (χ1n) is 8.63. The Morgan fingerprint density at radius 3 is 2.85 bits per heavy atom. The average molecular weight is 354 g/mol. The summed E-state index contributed by atoms with van der Waals surface area (Å²) in [6, 6.07) is 11.6. The molecule has 134 valence electrons. The molecule has 2 aromatic carbocycles. The van der Waals surface area contributed by atoms with E-state index in [0.717, 1.165) is 30.5 Å². The summed E-state index contributed by atoms with van der Waals surface area (Å²) in [6.45, 7) is 1.20. The van der Waals surface area contributed by atoms with E-state index in [2.05, 4.69) is 0 Å². The van der Waals surface area contributed by atoms with Gasteiger partial charge in [0.1, 0.15) is 5.82 Å². The quantitative estimate of drug-likeness (QED) is 0.794. The second-order valence-electron chi connectivity index (χ2n) is 6.60. The number of esters is 1. The predicted molar refractivity (Wildman–Crippen MR) is 92.7 cm³/mol. The highest BCUT2D eigenvalue weighted by Gasteiger charge is 2.38. The molecule has 1 amide bonds. The molecule has 0 bridgehead atoms. The molecule has 4 rings (SSSR count). The van der Waals surface area contributed by atoms with E-state index < -0.39 is 5.97 Å². The molecule has 2 aliphatic heterocycles. The fourth-order valence-electron chi connectivity index (χ4n) is 3.83. The third kappa shape index (κ3) is 2.76. The van der Waals surface area contributed by atoms with Gasteiger partial charge in [-0.15, -0.1) is 0 Å². The minimum atomic E-state index is -0.460. The Morgan fingerprint density at radius 1 is 1.23 bits per heavy atom. The Morgan fingerprint density at radius 2 is 2.08 bits per heavy atom. The molecular weight excluding hydrogens is 335 g/mol. The zero-order valence-corrected chi connectivity index (χ0v) is 14.4. The topological polar surface area (TPSA) is 49.9 Å². The van der Waals surface area contributed by atoms with Crippen molar-refractivity contribution in [1.29, 1.82) is 0 Å². The highest BCUT2D eigenvalue weighted by Crippen LogP contribution is 2.37. The maximum atomic E-state index is 13.6. The van der Waals surface area contributed by atoms with Crippen LogP contribution in [0.5, 0.6) is 0 Å². The number of rotatable bonds is 3. The molecule has 0 N–H and O–H groups in total. The van der Waals surface area contributed by atoms with Crippen LogP contribution < -0.4 is 0 Å². The lowest BCUT2D eigenvalue weighted by Crippen LogP contribution is -2.42. The third-order valence-corrected chi connectivity index (χ3v) is 5.08. The number of methoxy groups -OCH3 is 1. The van der Waals surface area contributed by atoms with Crippen molar-refractivity contribution >= 4 is 11.9 Å².